The van der Waals surface area contributed by atoms with Gasteiger partial charge in [-0.15, -0.1) is 10.2 Å². The monoisotopic (exact) mass is 235 g/mol. The van der Waals surface area contributed by atoms with Crippen LogP contribution in [0.1, 0.15) is 17.5 Å². The van der Waals surface area contributed by atoms with Crippen molar-refractivity contribution >= 4 is 11.8 Å². The predicted molar refractivity (Wildman–Crippen MR) is 63.1 cm³/mol. The summed E-state index contributed by atoms with van der Waals surface area (Å²) in [4.78, 5) is 0. The van der Waals surface area contributed by atoms with E-state index in [2.05, 4.69) is 10.2 Å². The molecule has 84 valence electrons. The van der Waals surface area contributed by atoms with E-state index < -0.39 is 0 Å². The van der Waals surface area contributed by atoms with Gasteiger partial charge in [-0.3, -0.25) is 0 Å². The lowest BCUT2D eigenvalue weighted by molar-refractivity contribution is 0.429. The second kappa shape index (κ2) is 5.14. The van der Waals surface area contributed by atoms with E-state index in [0.717, 1.165) is 11.3 Å². The van der Waals surface area contributed by atoms with E-state index in [9.17, 15) is 0 Å². The summed E-state index contributed by atoms with van der Waals surface area (Å²) in [5.41, 5.74) is 7.16. The standard InChI is InChI=1S/C11H13N3OS/c1-8-13-14-11(15-8)16-7-10(12)9-5-3-2-4-6-9/h2-6,10H,7,12H2,1H3. The highest BCUT2D eigenvalue weighted by molar-refractivity contribution is 7.99. The number of hydrogen-bond acceptors (Lipinski definition) is 5. The van der Waals surface area contributed by atoms with Crippen molar-refractivity contribution in [3.8, 4) is 0 Å². The van der Waals surface area contributed by atoms with Crippen LogP contribution in [0.15, 0.2) is 40.0 Å². The molecule has 0 aliphatic rings. The summed E-state index contributed by atoms with van der Waals surface area (Å²) >= 11 is 1.48. The van der Waals surface area contributed by atoms with Crippen LogP contribution in [0.25, 0.3) is 0 Å². The molecule has 0 radical (unpaired) electrons. The van der Waals surface area contributed by atoms with Crippen LogP contribution in [0, 0.1) is 6.92 Å². The molecule has 2 aromatic rings. The lowest BCUT2D eigenvalue weighted by Gasteiger charge is -2.09. The maximum Gasteiger partial charge on any atom is 0.276 e. The van der Waals surface area contributed by atoms with Gasteiger partial charge in [0.2, 0.25) is 5.89 Å². The quantitative estimate of drug-likeness (QED) is 0.823. The van der Waals surface area contributed by atoms with Gasteiger partial charge < -0.3 is 10.2 Å². The van der Waals surface area contributed by atoms with Gasteiger partial charge >= 0.3 is 0 Å². The number of aromatic nitrogens is 2. The van der Waals surface area contributed by atoms with Crippen molar-refractivity contribution < 1.29 is 4.42 Å². The smallest absolute Gasteiger partial charge is 0.276 e. The Kier molecular flexibility index (Phi) is 3.58. The SMILES string of the molecule is Cc1nnc(SCC(N)c2ccccc2)o1. The summed E-state index contributed by atoms with van der Waals surface area (Å²) in [6.45, 7) is 1.77. The predicted octanol–water partition coefficient (Wildman–Crippen LogP) is 2.17. The molecule has 0 fully saturated rings. The van der Waals surface area contributed by atoms with Crippen molar-refractivity contribution in [1.82, 2.24) is 10.2 Å². The van der Waals surface area contributed by atoms with Crippen molar-refractivity contribution in [2.45, 2.75) is 18.2 Å². The van der Waals surface area contributed by atoms with Gasteiger partial charge in [-0.2, -0.15) is 0 Å². The Balaban J connectivity index is 1.91. The topological polar surface area (TPSA) is 64.9 Å². The molecule has 0 saturated heterocycles. The highest BCUT2D eigenvalue weighted by atomic mass is 32.2. The van der Waals surface area contributed by atoms with E-state index >= 15 is 0 Å². The number of hydrogen-bond donors (Lipinski definition) is 1. The Labute approximate surface area is 98.2 Å². The Hall–Kier alpha value is -1.33. The number of nitrogens with zero attached hydrogens (tertiary/aromatic N) is 2. The number of rotatable bonds is 4. The first-order valence-electron chi connectivity index (χ1n) is 4.99. The van der Waals surface area contributed by atoms with E-state index in [-0.39, 0.29) is 6.04 Å². The minimum absolute atomic E-state index is 0.0154. The fourth-order valence-corrected chi connectivity index (χ4v) is 2.09. The lowest BCUT2D eigenvalue weighted by Crippen LogP contribution is -2.12. The van der Waals surface area contributed by atoms with E-state index in [1.807, 2.05) is 30.3 Å². The summed E-state index contributed by atoms with van der Waals surface area (Å²) in [7, 11) is 0. The van der Waals surface area contributed by atoms with Crippen LogP contribution in [-0.2, 0) is 0 Å². The molecule has 16 heavy (non-hydrogen) atoms. The largest absolute Gasteiger partial charge is 0.416 e. The lowest BCUT2D eigenvalue weighted by atomic mass is 10.1. The normalized spacial score (nSPS) is 12.6. The summed E-state index contributed by atoms with van der Waals surface area (Å²) < 4.78 is 5.25. The summed E-state index contributed by atoms with van der Waals surface area (Å²) in [6, 6.07) is 9.96. The molecule has 5 heteroatoms. The molecule has 0 bridgehead atoms. The molecule has 0 aliphatic carbocycles. The third-order valence-electron chi connectivity index (χ3n) is 2.12. The van der Waals surface area contributed by atoms with Crippen LogP contribution in [0.2, 0.25) is 0 Å². The van der Waals surface area contributed by atoms with Crippen LogP contribution < -0.4 is 5.73 Å². The first-order chi connectivity index (χ1) is 7.75. The Bertz CT molecular complexity index is 444. The maximum atomic E-state index is 6.04. The van der Waals surface area contributed by atoms with Crippen LogP contribution in [0.4, 0.5) is 0 Å². The van der Waals surface area contributed by atoms with Crippen molar-refractivity contribution in [1.29, 1.82) is 0 Å². The number of benzene rings is 1. The van der Waals surface area contributed by atoms with Gasteiger partial charge in [-0.25, -0.2) is 0 Å². The van der Waals surface area contributed by atoms with Crippen molar-refractivity contribution in [2.75, 3.05) is 5.75 Å². The van der Waals surface area contributed by atoms with Gasteiger partial charge in [-0.05, 0) is 5.56 Å². The molecule has 0 aliphatic heterocycles. The number of thioether (sulfide) groups is 1. The van der Waals surface area contributed by atoms with Gasteiger partial charge in [-0.1, -0.05) is 42.1 Å². The van der Waals surface area contributed by atoms with Crippen molar-refractivity contribution in [2.24, 2.45) is 5.73 Å². The van der Waals surface area contributed by atoms with E-state index in [1.165, 1.54) is 11.8 Å². The highest BCUT2D eigenvalue weighted by Crippen LogP contribution is 2.21. The van der Waals surface area contributed by atoms with Crippen LogP contribution in [0.3, 0.4) is 0 Å². The second-order valence-electron chi connectivity index (χ2n) is 3.42. The van der Waals surface area contributed by atoms with Gasteiger partial charge in [0.15, 0.2) is 0 Å². The molecular weight excluding hydrogens is 222 g/mol. The third kappa shape index (κ3) is 2.84. The van der Waals surface area contributed by atoms with Gasteiger partial charge in [0.25, 0.3) is 5.22 Å². The summed E-state index contributed by atoms with van der Waals surface area (Å²) in [6.07, 6.45) is 0. The summed E-state index contributed by atoms with van der Waals surface area (Å²) in [5.74, 6) is 1.31. The molecule has 0 spiro atoms. The molecular formula is C11H13N3OS. The number of aryl methyl sites for hydroxylation is 1. The molecule has 2 rings (SSSR count). The minimum Gasteiger partial charge on any atom is -0.416 e. The molecule has 2 N–H and O–H groups in total. The molecule has 4 nitrogen and oxygen atoms in total. The molecule has 0 saturated carbocycles. The fraction of sp³-hybridized carbons (Fsp3) is 0.273. The highest BCUT2D eigenvalue weighted by Gasteiger charge is 2.09. The molecule has 0 amide bonds. The summed E-state index contributed by atoms with van der Waals surface area (Å²) in [5, 5.41) is 8.23. The Morgan fingerprint density at radius 3 is 2.69 bits per heavy atom. The first-order valence-corrected chi connectivity index (χ1v) is 5.97. The molecule has 1 aromatic heterocycles. The molecule has 1 heterocycles. The average molecular weight is 235 g/mol. The zero-order valence-electron chi connectivity index (χ0n) is 8.96. The Morgan fingerprint density at radius 1 is 1.31 bits per heavy atom. The molecule has 1 aromatic carbocycles. The van der Waals surface area contributed by atoms with E-state index in [4.69, 9.17) is 10.2 Å². The van der Waals surface area contributed by atoms with E-state index in [0.29, 0.717) is 11.1 Å². The van der Waals surface area contributed by atoms with Crippen LogP contribution in [-0.4, -0.2) is 16.0 Å². The van der Waals surface area contributed by atoms with Gasteiger partial charge in [0.1, 0.15) is 0 Å². The van der Waals surface area contributed by atoms with Crippen molar-refractivity contribution in [3.05, 3.63) is 41.8 Å². The third-order valence-corrected chi connectivity index (χ3v) is 3.06. The minimum atomic E-state index is -0.0154. The zero-order chi connectivity index (χ0) is 11.4. The van der Waals surface area contributed by atoms with Crippen LogP contribution >= 0.6 is 11.8 Å². The van der Waals surface area contributed by atoms with Gasteiger partial charge in [0, 0.05) is 18.7 Å². The molecule has 1 unspecified atom stereocenters. The number of nitrogens with two attached hydrogens (primary N) is 1. The molecule has 1 atom stereocenters. The van der Waals surface area contributed by atoms with Crippen LogP contribution in [0.5, 0.6) is 0 Å². The van der Waals surface area contributed by atoms with Gasteiger partial charge in [0.05, 0.1) is 0 Å². The average Bonchev–Trinajstić information content (AvgIpc) is 2.73. The van der Waals surface area contributed by atoms with E-state index in [1.54, 1.807) is 6.92 Å². The Morgan fingerprint density at radius 2 is 2.06 bits per heavy atom. The fourth-order valence-electron chi connectivity index (χ4n) is 1.29. The first kappa shape index (κ1) is 11.2. The maximum absolute atomic E-state index is 6.04. The second-order valence-corrected chi connectivity index (χ2v) is 4.39. The zero-order valence-corrected chi connectivity index (χ0v) is 9.78. The van der Waals surface area contributed by atoms with Crippen molar-refractivity contribution in [3.63, 3.8) is 0 Å².